The van der Waals surface area contributed by atoms with Gasteiger partial charge in [-0.2, -0.15) is 8.42 Å². The summed E-state index contributed by atoms with van der Waals surface area (Å²) in [6.07, 6.45) is 2.33. The first-order valence-corrected chi connectivity index (χ1v) is 19.0. The summed E-state index contributed by atoms with van der Waals surface area (Å²) in [5.74, 6) is -1.33. The fourth-order valence-corrected chi connectivity index (χ4v) is 13.5. The highest BCUT2D eigenvalue weighted by Crippen LogP contribution is 2.79. The molecule has 0 aromatic heterocycles. The molecule has 1 aliphatic heterocycles. The fourth-order valence-electron chi connectivity index (χ4n) is 12.4. The van der Waals surface area contributed by atoms with Crippen LogP contribution >= 0.6 is 0 Å². The van der Waals surface area contributed by atoms with Gasteiger partial charge in [0.15, 0.2) is 0 Å². The summed E-state index contributed by atoms with van der Waals surface area (Å²) in [5.41, 5.74) is -3.81. The molecule has 2 N–H and O–H groups in total. The molecule has 48 heavy (non-hydrogen) atoms. The Bertz CT molecular complexity index is 1710. The maximum absolute atomic E-state index is 14.4. The number of hydrogen-bond acceptors (Lipinski definition) is 10. The molecule has 4 unspecified atom stereocenters. The van der Waals surface area contributed by atoms with Crippen molar-refractivity contribution < 1.29 is 41.8 Å². The Morgan fingerprint density at radius 1 is 1.00 bits per heavy atom. The predicted molar refractivity (Wildman–Crippen MR) is 175 cm³/mol. The number of ether oxygens (including phenoxy) is 3. The van der Waals surface area contributed by atoms with Gasteiger partial charge in [-0.1, -0.05) is 50.2 Å². The zero-order chi connectivity index (χ0) is 33.9. The monoisotopic (exact) mass is 681 g/mol. The second-order valence-electron chi connectivity index (χ2n) is 15.4. The number of nitrogens with zero attached hydrogens (tertiary/aromatic N) is 1. The van der Waals surface area contributed by atoms with Crippen molar-refractivity contribution in [3.8, 4) is 5.75 Å². The van der Waals surface area contributed by atoms with E-state index in [1.165, 1.54) is 0 Å². The van der Waals surface area contributed by atoms with Gasteiger partial charge in [0.2, 0.25) is 0 Å². The molecule has 7 bridgehead atoms. The number of methoxy groups -OCH3 is 2. The molecule has 8 rings (SSSR count). The van der Waals surface area contributed by atoms with Crippen LogP contribution in [0.25, 0.3) is 0 Å². The number of carbonyl (C=O) groups excluding carboxylic acids is 1. The lowest BCUT2D eigenvalue weighted by atomic mass is 9.43. The Morgan fingerprint density at radius 2 is 1.73 bits per heavy atom. The molecule has 2 aromatic rings. The number of para-hydroxylation sites is 1. The summed E-state index contributed by atoms with van der Waals surface area (Å²) >= 11 is 0. The minimum atomic E-state index is -4.08. The summed E-state index contributed by atoms with van der Waals surface area (Å²) in [6.45, 7) is 5.47. The van der Waals surface area contributed by atoms with Crippen molar-refractivity contribution in [3.05, 3.63) is 65.7 Å². The SMILES string of the molecule is CCN1C[C@]2(OC(=O)c3ccccc3CS(=O)(=O)Oc3ccccc3)CC[C@H](OC)C34C2CC([C@@H]13)[C@@]1(O)C[C@H](C)[C@H]2CC4[C@]1(O)[C@H]2OC. The van der Waals surface area contributed by atoms with Crippen molar-refractivity contribution in [2.45, 2.75) is 86.8 Å². The molecule has 1 spiro atoms. The molecule has 12 atom stereocenters. The van der Waals surface area contributed by atoms with Crippen LogP contribution in [0.3, 0.4) is 0 Å². The number of likely N-dealkylation sites (N-methyl/N-ethyl adjacent to an activating group) is 1. The zero-order valence-corrected chi connectivity index (χ0v) is 28.9. The van der Waals surface area contributed by atoms with Crippen molar-refractivity contribution in [2.24, 2.45) is 35.0 Å². The average Bonchev–Trinajstić information content (AvgIpc) is 3.49. The Labute approximate surface area is 282 Å². The molecule has 10 nitrogen and oxygen atoms in total. The van der Waals surface area contributed by atoms with Crippen LogP contribution in [0.2, 0.25) is 0 Å². The molecule has 0 amide bonds. The highest BCUT2D eigenvalue weighted by atomic mass is 32.2. The number of carbonyl (C=O) groups is 1. The molecule has 11 heteroatoms. The van der Waals surface area contributed by atoms with Gasteiger partial charge >= 0.3 is 16.1 Å². The summed E-state index contributed by atoms with van der Waals surface area (Å²) < 4.78 is 50.8. The van der Waals surface area contributed by atoms with E-state index >= 15 is 0 Å². The lowest BCUT2D eigenvalue weighted by molar-refractivity contribution is -0.335. The van der Waals surface area contributed by atoms with Crippen LogP contribution in [0.4, 0.5) is 0 Å². The van der Waals surface area contributed by atoms with Crippen LogP contribution in [0.5, 0.6) is 5.75 Å². The fraction of sp³-hybridized carbons (Fsp3) is 0.649. The number of likely N-dealkylation sites (tertiary alicyclic amines) is 1. The molecular weight excluding hydrogens is 634 g/mol. The molecule has 6 fully saturated rings. The molecule has 5 saturated carbocycles. The predicted octanol–water partition coefficient (Wildman–Crippen LogP) is 3.79. The van der Waals surface area contributed by atoms with Gasteiger partial charge in [-0.3, -0.25) is 4.90 Å². The number of fused-ring (bicyclic) bond motifs is 2. The Hall–Kier alpha value is -2.54. The third-order valence-electron chi connectivity index (χ3n) is 13.8. The summed E-state index contributed by atoms with van der Waals surface area (Å²) in [4.78, 5) is 16.8. The molecular formula is C37H47NO9S. The average molecular weight is 682 g/mol. The van der Waals surface area contributed by atoms with E-state index in [0.29, 0.717) is 50.8 Å². The standard InChI is InChI=1S/C37H47NO9S/c1-5-38-21-34(46-33(39)25-14-10-9-11-23(25)20-48(42,43)47-24-12-7-6-8-13-24)16-15-30(44-3)36-28(34)18-27(31(36)38)35(40)19-22(2)26-17-29(36)37(35,41)32(26)45-4/h6-14,22,26-32,40-41H,5,15-21H2,1-4H3/t22-,26+,27?,28?,29?,30-,31+,32-,34+,35-,36?,37-/m0/s1. The van der Waals surface area contributed by atoms with Gasteiger partial charge in [-0.05, 0) is 74.2 Å². The van der Waals surface area contributed by atoms with E-state index in [4.69, 9.17) is 18.4 Å². The molecule has 1 heterocycles. The number of benzene rings is 2. The van der Waals surface area contributed by atoms with Crippen LogP contribution in [0.1, 0.15) is 61.9 Å². The minimum absolute atomic E-state index is 0.0472. The van der Waals surface area contributed by atoms with Crippen molar-refractivity contribution in [1.82, 2.24) is 4.90 Å². The van der Waals surface area contributed by atoms with E-state index in [0.717, 1.165) is 0 Å². The van der Waals surface area contributed by atoms with E-state index in [2.05, 4.69) is 18.7 Å². The number of piperidine rings is 1. The van der Waals surface area contributed by atoms with Crippen molar-refractivity contribution >= 4 is 16.1 Å². The lowest BCUT2D eigenvalue weighted by Crippen LogP contribution is -2.83. The third-order valence-corrected chi connectivity index (χ3v) is 14.9. The normalized spacial score (nSPS) is 44.0. The molecule has 6 aliphatic rings. The summed E-state index contributed by atoms with van der Waals surface area (Å²) in [5, 5.41) is 25.8. The van der Waals surface area contributed by atoms with E-state index in [9.17, 15) is 23.4 Å². The molecule has 0 radical (unpaired) electrons. The largest absolute Gasteiger partial charge is 0.454 e. The third kappa shape index (κ3) is 4.09. The van der Waals surface area contributed by atoms with Gasteiger partial charge in [-0.15, -0.1) is 0 Å². The van der Waals surface area contributed by atoms with Crippen LogP contribution in [0, 0.1) is 35.0 Å². The van der Waals surface area contributed by atoms with Crippen LogP contribution in [0.15, 0.2) is 54.6 Å². The van der Waals surface area contributed by atoms with Gasteiger partial charge in [0.1, 0.15) is 28.3 Å². The topological polar surface area (TPSA) is 132 Å². The van der Waals surface area contributed by atoms with Gasteiger partial charge in [0, 0.05) is 50.0 Å². The van der Waals surface area contributed by atoms with Gasteiger partial charge in [-0.25, -0.2) is 4.79 Å². The van der Waals surface area contributed by atoms with Crippen molar-refractivity contribution in [3.63, 3.8) is 0 Å². The van der Waals surface area contributed by atoms with Gasteiger partial charge in [0.05, 0.1) is 17.8 Å². The maximum Gasteiger partial charge on any atom is 0.339 e. The minimum Gasteiger partial charge on any atom is -0.454 e. The van der Waals surface area contributed by atoms with Crippen LogP contribution < -0.4 is 4.18 Å². The van der Waals surface area contributed by atoms with E-state index < -0.39 is 50.2 Å². The first-order valence-electron chi connectivity index (χ1n) is 17.4. The Balaban J connectivity index is 1.19. The highest BCUT2D eigenvalue weighted by Gasteiger charge is 2.88. The number of rotatable bonds is 9. The molecule has 5 aliphatic carbocycles. The van der Waals surface area contributed by atoms with E-state index in [-0.39, 0.29) is 53.0 Å². The van der Waals surface area contributed by atoms with Crippen molar-refractivity contribution in [2.75, 3.05) is 27.3 Å². The maximum atomic E-state index is 14.4. The zero-order valence-electron chi connectivity index (χ0n) is 28.1. The lowest BCUT2D eigenvalue weighted by Gasteiger charge is -2.70. The first-order chi connectivity index (χ1) is 22.9. The van der Waals surface area contributed by atoms with Crippen LogP contribution in [-0.2, 0) is 30.1 Å². The van der Waals surface area contributed by atoms with Gasteiger partial charge < -0.3 is 28.6 Å². The quantitative estimate of drug-likeness (QED) is 0.298. The second kappa shape index (κ2) is 11.0. The first kappa shape index (κ1) is 32.7. The van der Waals surface area contributed by atoms with Gasteiger partial charge in [0.25, 0.3) is 0 Å². The summed E-state index contributed by atoms with van der Waals surface area (Å²) in [7, 11) is -0.691. The van der Waals surface area contributed by atoms with Crippen molar-refractivity contribution in [1.29, 1.82) is 0 Å². The Kier molecular flexibility index (Phi) is 7.47. The smallest absolute Gasteiger partial charge is 0.339 e. The Morgan fingerprint density at radius 3 is 2.44 bits per heavy atom. The van der Waals surface area contributed by atoms with E-state index in [1.807, 2.05) is 0 Å². The molecule has 1 saturated heterocycles. The number of esters is 1. The van der Waals surface area contributed by atoms with Crippen LogP contribution in [-0.4, -0.2) is 91.9 Å². The second-order valence-corrected chi connectivity index (χ2v) is 17.0. The van der Waals surface area contributed by atoms with E-state index in [1.54, 1.807) is 68.8 Å². The molecule has 2 aromatic carbocycles. The molecule has 260 valence electrons. The highest BCUT2D eigenvalue weighted by molar-refractivity contribution is 7.86. The number of aliphatic hydroxyl groups is 2. The summed E-state index contributed by atoms with van der Waals surface area (Å²) in [6, 6.07) is 14.9. The number of hydrogen-bond donors (Lipinski definition) is 2.